The number of carbonyl (C=O) groups excluding carboxylic acids is 1. The smallest absolute Gasteiger partial charge is 0.335 e. The van der Waals surface area contributed by atoms with Crippen molar-refractivity contribution in [2.24, 2.45) is 0 Å². The molecule has 5 rings (SSSR count). The van der Waals surface area contributed by atoms with Crippen LogP contribution in [-0.4, -0.2) is 45.7 Å². The van der Waals surface area contributed by atoms with Gasteiger partial charge in [0.15, 0.2) is 17.1 Å². The van der Waals surface area contributed by atoms with Crippen LogP contribution in [-0.2, 0) is 6.42 Å². The number of benzene rings is 3. The number of hydrogen-bond acceptors (Lipinski definition) is 6. The Labute approximate surface area is 232 Å². The molecule has 0 aliphatic carbocycles. The van der Waals surface area contributed by atoms with Gasteiger partial charge in [-0.2, -0.15) is 12.4 Å². The minimum absolute atomic E-state index is 0.0130. The summed E-state index contributed by atoms with van der Waals surface area (Å²) in [5.41, 5.74) is 3.29. The highest BCUT2D eigenvalue weighted by atomic mass is 16.5. The molecular weight excluding hydrogens is 510 g/mol. The van der Waals surface area contributed by atoms with Crippen LogP contribution in [0.15, 0.2) is 79.1 Å². The number of nitrogens with zero attached hydrogens (tertiary/aromatic N) is 1. The standard InChI is InChI=1S/C32H30NO7/c1-38-32-29(37)25(17-21-13-15-33-19-21)30-28(26(36)18-27(40-30)22-8-11-23(34)12-9-22)31(32)39-16-14-24(35)10-7-20-5-3-2-4-6-20/h2-13,15,19,24,27,34-35H,14,16-18H2,1H3,(H,36,37)/q-1/p+1. The van der Waals surface area contributed by atoms with Crippen LogP contribution < -0.4 is 19.2 Å². The highest BCUT2D eigenvalue weighted by Gasteiger charge is 2.40. The van der Waals surface area contributed by atoms with Crippen LogP contribution in [0.2, 0.25) is 0 Å². The summed E-state index contributed by atoms with van der Waals surface area (Å²) in [6.07, 6.45) is 6.23. The van der Waals surface area contributed by atoms with Gasteiger partial charge < -0.3 is 34.5 Å². The van der Waals surface area contributed by atoms with Gasteiger partial charge in [-0.05, 0) is 23.3 Å². The van der Waals surface area contributed by atoms with Crippen molar-refractivity contribution in [2.45, 2.75) is 31.5 Å². The predicted octanol–water partition coefficient (Wildman–Crippen LogP) is 4.91. The maximum absolute atomic E-state index is 11.3. The van der Waals surface area contributed by atoms with E-state index in [4.69, 9.17) is 14.2 Å². The molecule has 1 aliphatic rings. The minimum Gasteiger partial charge on any atom is -0.670 e. The lowest BCUT2D eigenvalue weighted by Crippen LogP contribution is -2.24. The quantitative estimate of drug-likeness (QED) is 0.244. The van der Waals surface area contributed by atoms with Crippen LogP contribution in [0.25, 0.3) is 6.08 Å². The Kier molecular flexibility index (Phi) is 8.07. The van der Waals surface area contributed by atoms with E-state index in [-0.39, 0.29) is 60.4 Å². The monoisotopic (exact) mass is 541 g/mol. The molecule has 3 aromatic carbocycles. The SMILES string of the molecule is COc1c(O)c(Cc2cc[n-]c2)c2c(c1OCCC(O)C=Cc1ccccc1)C(=[OH+])CC(c1ccc(O)cc1)O2. The molecule has 0 spiro atoms. The second kappa shape index (κ2) is 12.0. The molecule has 8 heteroatoms. The fourth-order valence-electron chi connectivity index (χ4n) is 4.73. The first-order valence-corrected chi connectivity index (χ1v) is 13.0. The van der Waals surface area contributed by atoms with E-state index >= 15 is 0 Å². The molecule has 0 saturated heterocycles. The van der Waals surface area contributed by atoms with Crippen molar-refractivity contribution < 1.29 is 34.3 Å². The zero-order chi connectivity index (χ0) is 28.1. The lowest BCUT2D eigenvalue weighted by Gasteiger charge is -2.28. The second-order valence-corrected chi connectivity index (χ2v) is 9.56. The van der Waals surface area contributed by atoms with Crippen molar-refractivity contribution in [1.29, 1.82) is 0 Å². The first-order valence-electron chi connectivity index (χ1n) is 13.0. The summed E-state index contributed by atoms with van der Waals surface area (Å²) in [5.74, 6) is 0.457. The number of phenols is 2. The van der Waals surface area contributed by atoms with E-state index in [2.05, 4.69) is 4.98 Å². The van der Waals surface area contributed by atoms with E-state index in [1.807, 2.05) is 42.5 Å². The van der Waals surface area contributed by atoms with Gasteiger partial charge in [0.05, 0.1) is 19.8 Å². The van der Waals surface area contributed by atoms with Gasteiger partial charge in [-0.25, -0.2) is 0 Å². The molecule has 1 aromatic heterocycles. The van der Waals surface area contributed by atoms with E-state index in [1.165, 1.54) is 7.11 Å². The summed E-state index contributed by atoms with van der Waals surface area (Å²) >= 11 is 0. The number of fused-ring (bicyclic) bond motifs is 1. The number of ketones is 1. The summed E-state index contributed by atoms with van der Waals surface area (Å²) in [4.78, 5) is 15.4. The second-order valence-electron chi connectivity index (χ2n) is 9.56. The molecule has 0 amide bonds. The Hall–Kier alpha value is -4.69. The van der Waals surface area contributed by atoms with Gasteiger partial charge >= 0.3 is 5.78 Å². The molecule has 4 aromatic rings. The summed E-state index contributed by atoms with van der Waals surface area (Å²) in [6, 6.07) is 18.0. The molecular formula is C32H31NO7. The molecule has 0 bridgehead atoms. The Morgan fingerprint density at radius 3 is 2.55 bits per heavy atom. The number of phenolic OH excluding ortho intramolecular Hbond substituents is 2. The summed E-state index contributed by atoms with van der Waals surface area (Å²) in [7, 11) is 1.42. The predicted molar refractivity (Wildman–Crippen MR) is 151 cm³/mol. The maximum Gasteiger partial charge on any atom is 0.335 e. The number of ether oxygens (including phenoxy) is 3. The van der Waals surface area contributed by atoms with Crippen molar-refractivity contribution >= 4 is 11.9 Å². The van der Waals surface area contributed by atoms with Gasteiger partial charge in [0, 0.05) is 18.4 Å². The Balaban J connectivity index is 1.46. The molecule has 206 valence electrons. The van der Waals surface area contributed by atoms with Gasteiger partial charge in [0.2, 0.25) is 5.75 Å². The molecule has 0 radical (unpaired) electrons. The van der Waals surface area contributed by atoms with Crippen LogP contribution in [0, 0.1) is 0 Å². The maximum atomic E-state index is 11.3. The number of aromatic hydroxyl groups is 2. The van der Waals surface area contributed by atoms with Crippen molar-refractivity contribution in [1.82, 2.24) is 4.98 Å². The molecule has 1 aliphatic heterocycles. The molecule has 2 atom stereocenters. The highest BCUT2D eigenvalue weighted by Crippen LogP contribution is 2.52. The van der Waals surface area contributed by atoms with Gasteiger partial charge in [0.25, 0.3) is 0 Å². The third kappa shape index (κ3) is 5.82. The number of hydrogen-bond donors (Lipinski definition) is 3. The van der Waals surface area contributed by atoms with Crippen LogP contribution in [0.4, 0.5) is 0 Å². The van der Waals surface area contributed by atoms with Gasteiger partial charge in [-0.15, -0.1) is 0 Å². The van der Waals surface area contributed by atoms with Crippen molar-refractivity contribution in [2.75, 3.05) is 13.7 Å². The van der Waals surface area contributed by atoms with Crippen LogP contribution >= 0.6 is 0 Å². The average Bonchev–Trinajstić information content (AvgIpc) is 3.48. The third-order valence-electron chi connectivity index (χ3n) is 6.80. The Morgan fingerprint density at radius 2 is 1.85 bits per heavy atom. The van der Waals surface area contributed by atoms with Crippen molar-refractivity contribution in [3.05, 3.63) is 107 Å². The minimum atomic E-state index is -0.771. The van der Waals surface area contributed by atoms with E-state index in [0.717, 1.165) is 16.7 Å². The van der Waals surface area contributed by atoms with Crippen molar-refractivity contribution in [3.63, 3.8) is 0 Å². The first kappa shape index (κ1) is 26.9. The third-order valence-corrected chi connectivity index (χ3v) is 6.80. The van der Waals surface area contributed by atoms with Crippen LogP contribution in [0.1, 0.15) is 46.8 Å². The van der Waals surface area contributed by atoms with E-state index in [1.54, 1.807) is 42.7 Å². The molecule has 2 heterocycles. The van der Waals surface area contributed by atoms with E-state index < -0.39 is 12.2 Å². The number of aromatic nitrogens is 1. The van der Waals surface area contributed by atoms with Gasteiger partial charge in [0.1, 0.15) is 24.0 Å². The lowest BCUT2D eigenvalue weighted by molar-refractivity contribution is 0.172. The zero-order valence-corrected chi connectivity index (χ0v) is 22.0. The number of methoxy groups -OCH3 is 1. The highest BCUT2D eigenvalue weighted by molar-refractivity contribution is 6.05. The van der Waals surface area contributed by atoms with Gasteiger partial charge in [-0.3, -0.25) is 4.79 Å². The number of aliphatic hydroxyl groups is 1. The van der Waals surface area contributed by atoms with E-state index in [0.29, 0.717) is 11.1 Å². The largest absolute Gasteiger partial charge is 0.670 e. The zero-order valence-electron chi connectivity index (χ0n) is 22.0. The van der Waals surface area contributed by atoms with Crippen molar-refractivity contribution in [3.8, 4) is 28.7 Å². The fourth-order valence-corrected chi connectivity index (χ4v) is 4.73. The van der Waals surface area contributed by atoms with E-state index in [9.17, 15) is 20.1 Å². The Bertz CT molecular complexity index is 1480. The molecule has 0 fully saturated rings. The topological polar surface area (TPSA) is 124 Å². The molecule has 8 nitrogen and oxygen atoms in total. The van der Waals surface area contributed by atoms with Crippen LogP contribution in [0.5, 0.6) is 28.7 Å². The lowest BCUT2D eigenvalue weighted by atomic mass is 9.91. The average molecular weight is 542 g/mol. The summed E-state index contributed by atoms with van der Waals surface area (Å²) < 4.78 is 18.0. The normalized spacial score (nSPS) is 15.4. The Morgan fingerprint density at radius 1 is 1.07 bits per heavy atom. The van der Waals surface area contributed by atoms with Gasteiger partial charge in [-0.1, -0.05) is 66.2 Å². The summed E-state index contributed by atoms with van der Waals surface area (Å²) in [5, 5.41) is 31.5. The number of aliphatic hydroxyl groups excluding tert-OH is 1. The summed E-state index contributed by atoms with van der Waals surface area (Å²) in [6.45, 7) is 0.0866. The molecule has 40 heavy (non-hydrogen) atoms. The van der Waals surface area contributed by atoms with Crippen LogP contribution in [0.3, 0.4) is 0 Å². The molecule has 4 N–H and O–H groups in total. The molecule has 2 unspecified atom stereocenters. The molecule has 0 saturated carbocycles. The first-order chi connectivity index (χ1) is 19.4. The fraction of sp³-hybridized carbons (Fsp3) is 0.219. The number of rotatable bonds is 10.